The van der Waals surface area contributed by atoms with Gasteiger partial charge in [-0.15, -0.1) is 0 Å². The summed E-state index contributed by atoms with van der Waals surface area (Å²) in [4.78, 5) is 13.4. The summed E-state index contributed by atoms with van der Waals surface area (Å²) >= 11 is 0. The Morgan fingerprint density at radius 3 is 2.76 bits per heavy atom. The monoisotopic (exact) mass is 231 g/mol. The van der Waals surface area contributed by atoms with E-state index in [2.05, 4.69) is 11.0 Å². The van der Waals surface area contributed by atoms with Crippen molar-refractivity contribution in [1.82, 2.24) is 0 Å². The van der Waals surface area contributed by atoms with Crippen molar-refractivity contribution in [3.05, 3.63) is 29.8 Å². The normalized spacial score (nSPS) is 23.3. The number of para-hydroxylation sites is 1. The lowest BCUT2D eigenvalue weighted by Gasteiger charge is -2.33. The van der Waals surface area contributed by atoms with Crippen LogP contribution >= 0.6 is 0 Å². The number of rotatable bonds is 3. The van der Waals surface area contributed by atoms with Gasteiger partial charge in [0.1, 0.15) is 6.04 Å². The molecule has 0 bridgehead atoms. The number of carbonyl (C=O) groups is 1. The molecule has 2 aliphatic rings. The minimum atomic E-state index is -0.694. The van der Waals surface area contributed by atoms with Crippen molar-refractivity contribution in [3.63, 3.8) is 0 Å². The van der Waals surface area contributed by atoms with Crippen LogP contribution in [0.5, 0.6) is 0 Å². The van der Waals surface area contributed by atoms with Crippen molar-refractivity contribution in [1.29, 1.82) is 0 Å². The molecule has 1 fully saturated rings. The fourth-order valence-electron chi connectivity index (χ4n) is 2.85. The first-order chi connectivity index (χ1) is 8.25. The fraction of sp³-hybridized carbons (Fsp3) is 0.500. The molecule has 3 rings (SSSR count). The molecule has 1 aliphatic carbocycles. The van der Waals surface area contributed by atoms with E-state index in [0.717, 1.165) is 12.2 Å². The van der Waals surface area contributed by atoms with Crippen LogP contribution in [0.3, 0.4) is 0 Å². The van der Waals surface area contributed by atoms with E-state index in [9.17, 15) is 9.90 Å². The molecule has 3 nitrogen and oxygen atoms in total. The van der Waals surface area contributed by atoms with Gasteiger partial charge in [0.15, 0.2) is 0 Å². The molecule has 1 heterocycles. The van der Waals surface area contributed by atoms with E-state index >= 15 is 0 Å². The summed E-state index contributed by atoms with van der Waals surface area (Å²) < 4.78 is 0. The van der Waals surface area contributed by atoms with Crippen LogP contribution in [0.2, 0.25) is 0 Å². The molecular formula is C14H17NO2. The standard InChI is InChI=1S/C14H17NO2/c16-14(17)13-8-11-6-1-2-7-12(11)15(13)9-10-4-3-5-10/h1-2,6-7,10,13H,3-5,8-9H2,(H,16,17). The van der Waals surface area contributed by atoms with Gasteiger partial charge < -0.3 is 10.0 Å². The van der Waals surface area contributed by atoms with E-state index in [1.807, 2.05) is 18.2 Å². The summed E-state index contributed by atoms with van der Waals surface area (Å²) in [6.45, 7) is 0.911. The van der Waals surface area contributed by atoms with Crippen LogP contribution in [0.1, 0.15) is 24.8 Å². The lowest BCUT2D eigenvalue weighted by molar-refractivity contribution is -0.138. The number of nitrogens with zero attached hydrogens (tertiary/aromatic N) is 1. The third kappa shape index (κ3) is 1.79. The van der Waals surface area contributed by atoms with Gasteiger partial charge in [0, 0.05) is 18.7 Å². The van der Waals surface area contributed by atoms with Gasteiger partial charge in [-0.2, -0.15) is 0 Å². The Labute approximate surface area is 101 Å². The third-order valence-corrected chi connectivity index (χ3v) is 4.06. The van der Waals surface area contributed by atoms with Crippen LogP contribution in [0.4, 0.5) is 5.69 Å². The lowest BCUT2D eigenvalue weighted by atomic mass is 9.85. The minimum Gasteiger partial charge on any atom is -0.480 e. The van der Waals surface area contributed by atoms with Crippen LogP contribution in [0.15, 0.2) is 24.3 Å². The first kappa shape index (κ1) is 10.6. The average molecular weight is 231 g/mol. The van der Waals surface area contributed by atoms with Crippen LogP contribution in [0.25, 0.3) is 0 Å². The minimum absolute atomic E-state index is 0.354. The number of anilines is 1. The van der Waals surface area contributed by atoms with Crippen molar-refractivity contribution in [2.45, 2.75) is 31.7 Å². The Morgan fingerprint density at radius 1 is 1.35 bits per heavy atom. The predicted octanol–water partition coefficient (Wildman–Crippen LogP) is 2.30. The highest BCUT2D eigenvalue weighted by Gasteiger charge is 2.36. The van der Waals surface area contributed by atoms with Gasteiger partial charge >= 0.3 is 5.97 Å². The number of benzene rings is 1. The first-order valence-corrected chi connectivity index (χ1v) is 6.33. The van der Waals surface area contributed by atoms with E-state index in [4.69, 9.17) is 0 Å². The molecule has 0 amide bonds. The number of carboxylic acids is 1. The van der Waals surface area contributed by atoms with Crippen LogP contribution < -0.4 is 4.90 Å². The molecule has 0 aromatic heterocycles. The van der Waals surface area contributed by atoms with E-state index < -0.39 is 5.97 Å². The average Bonchev–Trinajstić information content (AvgIpc) is 2.62. The molecule has 0 saturated heterocycles. The molecule has 1 aliphatic heterocycles. The SMILES string of the molecule is O=C(O)C1Cc2ccccc2N1CC1CCC1. The van der Waals surface area contributed by atoms with Crippen LogP contribution in [-0.4, -0.2) is 23.7 Å². The van der Waals surface area contributed by atoms with Gasteiger partial charge in [0.05, 0.1) is 0 Å². The zero-order valence-corrected chi connectivity index (χ0v) is 9.80. The molecule has 1 unspecified atom stereocenters. The molecule has 90 valence electrons. The third-order valence-electron chi connectivity index (χ3n) is 4.06. The summed E-state index contributed by atoms with van der Waals surface area (Å²) in [6.07, 6.45) is 4.46. The Hall–Kier alpha value is -1.51. The summed E-state index contributed by atoms with van der Waals surface area (Å²) in [5.41, 5.74) is 2.31. The van der Waals surface area contributed by atoms with E-state index in [1.54, 1.807) is 0 Å². The number of hydrogen-bond acceptors (Lipinski definition) is 2. The Kier molecular flexibility index (Phi) is 2.54. The predicted molar refractivity (Wildman–Crippen MR) is 66.3 cm³/mol. The second-order valence-corrected chi connectivity index (χ2v) is 5.14. The van der Waals surface area contributed by atoms with Crippen molar-refractivity contribution in [2.75, 3.05) is 11.4 Å². The Balaban J connectivity index is 1.87. The van der Waals surface area contributed by atoms with Gasteiger partial charge in [-0.25, -0.2) is 4.79 Å². The summed E-state index contributed by atoms with van der Waals surface area (Å²) in [5.74, 6) is 0.00327. The van der Waals surface area contributed by atoms with Crippen LogP contribution in [-0.2, 0) is 11.2 Å². The number of carboxylic acid groups (broad SMARTS) is 1. The maximum absolute atomic E-state index is 11.3. The number of hydrogen-bond donors (Lipinski definition) is 1. The molecule has 0 spiro atoms. The maximum Gasteiger partial charge on any atom is 0.326 e. The van der Waals surface area contributed by atoms with Crippen molar-refractivity contribution in [2.24, 2.45) is 5.92 Å². The van der Waals surface area contributed by atoms with Gasteiger partial charge in [-0.3, -0.25) is 0 Å². The Morgan fingerprint density at radius 2 is 2.12 bits per heavy atom. The largest absolute Gasteiger partial charge is 0.480 e. The van der Waals surface area contributed by atoms with Crippen molar-refractivity contribution in [3.8, 4) is 0 Å². The number of fused-ring (bicyclic) bond motifs is 1. The van der Waals surface area contributed by atoms with Gasteiger partial charge in [-0.1, -0.05) is 24.6 Å². The fourth-order valence-corrected chi connectivity index (χ4v) is 2.85. The zero-order valence-electron chi connectivity index (χ0n) is 9.80. The van der Waals surface area contributed by atoms with Crippen LogP contribution in [0, 0.1) is 5.92 Å². The molecular weight excluding hydrogens is 214 g/mol. The number of aliphatic carboxylic acids is 1. The molecule has 1 atom stereocenters. The highest BCUT2D eigenvalue weighted by Crippen LogP contribution is 2.36. The molecule has 1 saturated carbocycles. The first-order valence-electron chi connectivity index (χ1n) is 6.33. The van der Waals surface area contributed by atoms with E-state index in [-0.39, 0.29) is 6.04 Å². The van der Waals surface area contributed by atoms with E-state index in [1.165, 1.54) is 24.8 Å². The van der Waals surface area contributed by atoms with Crippen molar-refractivity contribution < 1.29 is 9.90 Å². The zero-order chi connectivity index (χ0) is 11.8. The molecule has 17 heavy (non-hydrogen) atoms. The second-order valence-electron chi connectivity index (χ2n) is 5.14. The topological polar surface area (TPSA) is 40.5 Å². The highest BCUT2D eigenvalue weighted by atomic mass is 16.4. The van der Waals surface area contributed by atoms with Gasteiger partial charge in [0.25, 0.3) is 0 Å². The highest BCUT2D eigenvalue weighted by molar-refractivity contribution is 5.82. The summed E-state index contributed by atoms with van der Waals surface area (Å²) in [7, 11) is 0. The molecule has 1 aromatic carbocycles. The van der Waals surface area contributed by atoms with Gasteiger partial charge in [0.2, 0.25) is 0 Å². The second kappa shape index (κ2) is 4.06. The maximum atomic E-state index is 11.3. The Bertz CT molecular complexity index is 440. The van der Waals surface area contributed by atoms with Crippen molar-refractivity contribution >= 4 is 11.7 Å². The lowest BCUT2D eigenvalue weighted by Crippen LogP contribution is -2.42. The van der Waals surface area contributed by atoms with Gasteiger partial charge in [-0.05, 0) is 30.4 Å². The molecule has 1 N–H and O–H groups in total. The smallest absolute Gasteiger partial charge is 0.326 e. The molecule has 3 heteroatoms. The molecule has 1 aromatic rings. The van der Waals surface area contributed by atoms with E-state index in [0.29, 0.717) is 12.3 Å². The summed E-state index contributed by atoms with van der Waals surface area (Å²) in [6, 6.07) is 7.73. The molecule has 0 radical (unpaired) electrons. The summed E-state index contributed by atoms with van der Waals surface area (Å²) in [5, 5.41) is 9.32. The quantitative estimate of drug-likeness (QED) is 0.867.